The number of carbonyl (C=O) groups is 1. The van der Waals surface area contributed by atoms with E-state index >= 15 is 0 Å². The molecule has 0 spiro atoms. The lowest BCUT2D eigenvalue weighted by Gasteiger charge is -2.09. The molecule has 7 heteroatoms. The van der Waals surface area contributed by atoms with E-state index in [9.17, 15) is 9.59 Å². The Morgan fingerprint density at radius 2 is 2.04 bits per heavy atom. The summed E-state index contributed by atoms with van der Waals surface area (Å²) in [6.45, 7) is 1.49. The standard InChI is InChI=1S/C19H14BrClO5/c1-11-5-17-15(8-16(11)21)12(6-18(22)26-17)9-25-19(23)10-24-14-4-2-3-13(20)7-14/h2-8H,9-10H2,1H3. The average Bonchev–Trinajstić information content (AvgIpc) is 2.59. The molecule has 0 unspecified atom stereocenters. The van der Waals surface area contributed by atoms with Crippen molar-refractivity contribution in [3.63, 3.8) is 0 Å². The van der Waals surface area contributed by atoms with Gasteiger partial charge in [-0.2, -0.15) is 0 Å². The van der Waals surface area contributed by atoms with Gasteiger partial charge in [0.1, 0.15) is 17.9 Å². The van der Waals surface area contributed by atoms with Crippen LogP contribution < -0.4 is 10.4 Å². The molecule has 0 saturated heterocycles. The van der Waals surface area contributed by atoms with Crippen molar-refractivity contribution in [1.82, 2.24) is 0 Å². The second-order valence-electron chi connectivity index (χ2n) is 5.59. The Labute approximate surface area is 162 Å². The van der Waals surface area contributed by atoms with Crippen LogP contribution in [0.2, 0.25) is 5.02 Å². The van der Waals surface area contributed by atoms with E-state index in [0.717, 1.165) is 10.0 Å². The average molecular weight is 438 g/mol. The fourth-order valence-corrected chi connectivity index (χ4v) is 2.91. The van der Waals surface area contributed by atoms with E-state index in [1.165, 1.54) is 6.07 Å². The summed E-state index contributed by atoms with van der Waals surface area (Å²) in [7, 11) is 0. The normalized spacial score (nSPS) is 10.7. The summed E-state index contributed by atoms with van der Waals surface area (Å²) in [6, 6.07) is 11.8. The predicted molar refractivity (Wildman–Crippen MR) is 102 cm³/mol. The van der Waals surface area contributed by atoms with Crippen LogP contribution in [0.5, 0.6) is 5.75 Å². The van der Waals surface area contributed by atoms with Gasteiger partial charge in [-0.3, -0.25) is 0 Å². The molecule has 0 saturated carbocycles. The van der Waals surface area contributed by atoms with Crippen LogP contribution >= 0.6 is 27.5 Å². The van der Waals surface area contributed by atoms with Gasteiger partial charge in [-0.05, 0) is 42.8 Å². The van der Waals surface area contributed by atoms with Crippen LogP contribution in [0.25, 0.3) is 11.0 Å². The third-order valence-corrected chi connectivity index (χ3v) is 4.55. The number of hydrogen-bond acceptors (Lipinski definition) is 5. The van der Waals surface area contributed by atoms with E-state index in [0.29, 0.717) is 27.3 Å². The zero-order valence-corrected chi connectivity index (χ0v) is 16.1. The second-order valence-corrected chi connectivity index (χ2v) is 6.92. The van der Waals surface area contributed by atoms with Gasteiger partial charge in [0.05, 0.1) is 0 Å². The van der Waals surface area contributed by atoms with Crippen LogP contribution in [0.1, 0.15) is 11.1 Å². The highest BCUT2D eigenvalue weighted by Crippen LogP contribution is 2.25. The largest absolute Gasteiger partial charge is 0.482 e. The van der Waals surface area contributed by atoms with Crippen LogP contribution in [-0.4, -0.2) is 12.6 Å². The Balaban J connectivity index is 1.70. The molecule has 5 nitrogen and oxygen atoms in total. The summed E-state index contributed by atoms with van der Waals surface area (Å²) in [4.78, 5) is 23.6. The van der Waals surface area contributed by atoms with E-state index in [1.54, 1.807) is 30.3 Å². The lowest BCUT2D eigenvalue weighted by atomic mass is 10.1. The number of ether oxygens (including phenoxy) is 2. The van der Waals surface area contributed by atoms with Gasteiger partial charge in [-0.25, -0.2) is 9.59 Å². The number of carbonyl (C=O) groups excluding carboxylic acids is 1. The molecule has 0 atom stereocenters. The number of rotatable bonds is 5. The van der Waals surface area contributed by atoms with Crippen LogP contribution in [0.15, 0.2) is 56.1 Å². The monoisotopic (exact) mass is 436 g/mol. The zero-order chi connectivity index (χ0) is 18.7. The molecule has 0 fully saturated rings. The van der Waals surface area contributed by atoms with E-state index in [4.69, 9.17) is 25.5 Å². The van der Waals surface area contributed by atoms with Crippen molar-refractivity contribution in [3.05, 3.63) is 73.5 Å². The van der Waals surface area contributed by atoms with Crippen molar-refractivity contribution >= 4 is 44.5 Å². The molecule has 1 heterocycles. The van der Waals surface area contributed by atoms with Crippen molar-refractivity contribution in [2.24, 2.45) is 0 Å². The summed E-state index contributed by atoms with van der Waals surface area (Å²) >= 11 is 9.47. The van der Waals surface area contributed by atoms with Crippen molar-refractivity contribution in [3.8, 4) is 5.75 Å². The molecule has 0 aliphatic heterocycles. The number of aryl methyl sites for hydroxylation is 1. The quantitative estimate of drug-likeness (QED) is 0.430. The number of hydrogen-bond donors (Lipinski definition) is 0. The first kappa shape index (κ1) is 18.5. The maximum absolute atomic E-state index is 11.9. The van der Waals surface area contributed by atoms with Gasteiger partial charge >= 0.3 is 11.6 Å². The maximum Gasteiger partial charge on any atom is 0.344 e. The summed E-state index contributed by atoms with van der Waals surface area (Å²) in [6.07, 6.45) is 0. The summed E-state index contributed by atoms with van der Waals surface area (Å²) in [5.41, 5.74) is 1.19. The number of benzene rings is 2. The second kappa shape index (κ2) is 7.93. The van der Waals surface area contributed by atoms with E-state index in [1.807, 2.05) is 13.0 Å². The molecule has 3 aromatic rings. The van der Waals surface area contributed by atoms with Crippen LogP contribution in [0.4, 0.5) is 0 Å². The number of fused-ring (bicyclic) bond motifs is 1. The molecule has 0 aliphatic carbocycles. The summed E-state index contributed by atoms with van der Waals surface area (Å²) < 4.78 is 16.6. The molecule has 2 aromatic carbocycles. The smallest absolute Gasteiger partial charge is 0.344 e. The van der Waals surface area contributed by atoms with Gasteiger partial charge < -0.3 is 13.9 Å². The lowest BCUT2D eigenvalue weighted by Crippen LogP contribution is -2.15. The Hall–Kier alpha value is -2.31. The van der Waals surface area contributed by atoms with Crippen LogP contribution in [0, 0.1) is 6.92 Å². The first-order valence-electron chi connectivity index (χ1n) is 7.69. The highest BCUT2D eigenvalue weighted by Gasteiger charge is 2.11. The topological polar surface area (TPSA) is 65.7 Å². The molecular weight excluding hydrogens is 424 g/mol. The molecule has 0 amide bonds. The Morgan fingerprint density at radius 1 is 1.23 bits per heavy atom. The zero-order valence-electron chi connectivity index (χ0n) is 13.8. The Morgan fingerprint density at radius 3 is 2.81 bits per heavy atom. The molecular formula is C19H14BrClO5. The molecule has 0 bridgehead atoms. The third-order valence-electron chi connectivity index (χ3n) is 3.65. The molecule has 26 heavy (non-hydrogen) atoms. The van der Waals surface area contributed by atoms with Gasteiger partial charge in [-0.1, -0.05) is 33.6 Å². The number of halogens is 2. The van der Waals surface area contributed by atoms with Gasteiger partial charge in [0, 0.05) is 26.5 Å². The Bertz CT molecular complexity index is 1030. The lowest BCUT2D eigenvalue weighted by molar-refractivity contribution is -0.147. The molecule has 0 radical (unpaired) electrons. The van der Waals surface area contributed by atoms with Gasteiger partial charge in [0.25, 0.3) is 0 Å². The molecule has 134 valence electrons. The van der Waals surface area contributed by atoms with Gasteiger partial charge in [-0.15, -0.1) is 0 Å². The molecule has 1 aromatic heterocycles. The van der Waals surface area contributed by atoms with Crippen LogP contribution in [0.3, 0.4) is 0 Å². The van der Waals surface area contributed by atoms with E-state index < -0.39 is 11.6 Å². The van der Waals surface area contributed by atoms with Crippen molar-refractivity contribution in [1.29, 1.82) is 0 Å². The Kier molecular flexibility index (Phi) is 5.64. The summed E-state index contributed by atoms with van der Waals surface area (Å²) in [5, 5.41) is 1.16. The third kappa shape index (κ3) is 4.45. The van der Waals surface area contributed by atoms with Crippen molar-refractivity contribution in [2.45, 2.75) is 13.5 Å². The van der Waals surface area contributed by atoms with Crippen molar-refractivity contribution in [2.75, 3.05) is 6.61 Å². The minimum Gasteiger partial charge on any atom is -0.482 e. The molecule has 3 rings (SSSR count). The maximum atomic E-state index is 11.9. The highest BCUT2D eigenvalue weighted by atomic mass is 79.9. The SMILES string of the molecule is Cc1cc2oc(=O)cc(COC(=O)COc3cccc(Br)c3)c2cc1Cl. The minimum absolute atomic E-state index is 0.0812. The fraction of sp³-hybridized carbons (Fsp3) is 0.158. The first-order valence-corrected chi connectivity index (χ1v) is 8.86. The van der Waals surface area contributed by atoms with Gasteiger partial charge in [0.2, 0.25) is 0 Å². The summed E-state index contributed by atoms with van der Waals surface area (Å²) in [5.74, 6) is -0.00559. The number of esters is 1. The molecule has 0 aliphatic rings. The molecule has 0 N–H and O–H groups in total. The minimum atomic E-state index is -0.551. The van der Waals surface area contributed by atoms with Crippen LogP contribution in [-0.2, 0) is 16.1 Å². The van der Waals surface area contributed by atoms with E-state index in [-0.39, 0.29) is 13.2 Å². The highest BCUT2D eigenvalue weighted by molar-refractivity contribution is 9.10. The fourth-order valence-electron chi connectivity index (χ4n) is 2.37. The predicted octanol–water partition coefficient (Wildman–Crippen LogP) is 4.64. The van der Waals surface area contributed by atoms with Crippen molar-refractivity contribution < 1.29 is 18.7 Å². The van der Waals surface area contributed by atoms with Gasteiger partial charge in [0.15, 0.2) is 6.61 Å². The van der Waals surface area contributed by atoms with E-state index in [2.05, 4.69) is 15.9 Å². The first-order chi connectivity index (χ1) is 12.4.